The van der Waals surface area contributed by atoms with Crippen LogP contribution in [0.3, 0.4) is 0 Å². The van der Waals surface area contributed by atoms with Gasteiger partial charge in [-0.25, -0.2) is 4.98 Å². The summed E-state index contributed by atoms with van der Waals surface area (Å²) >= 11 is 0. The number of aromatic amines is 1. The molecule has 0 unspecified atom stereocenters. The number of aromatic nitrogens is 2. The van der Waals surface area contributed by atoms with Gasteiger partial charge in [0.1, 0.15) is 11.6 Å². The number of rotatable bonds is 6. The van der Waals surface area contributed by atoms with Gasteiger partial charge in [0, 0.05) is 17.5 Å². The summed E-state index contributed by atoms with van der Waals surface area (Å²) in [6, 6.07) is 7.65. The Bertz CT molecular complexity index is 573. The molecule has 5 heteroatoms. The number of carboxylic acid groups (broad SMARTS) is 1. The largest absolute Gasteiger partial charge is 0.491 e. The van der Waals surface area contributed by atoms with Crippen molar-refractivity contribution in [2.24, 2.45) is 0 Å². The van der Waals surface area contributed by atoms with E-state index in [-0.39, 0.29) is 12.5 Å². The molecular weight excluding hydrogens is 256 g/mol. The molecule has 1 heterocycles. The minimum Gasteiger partial charge on any atom is -0.491 e. The number of nitrogens with one attached hydrogen (secondary N) is 1. The molecule has 0 aliphatic carbocycles. The van der Waals surface area contributed by atoms with Crippen LogP contribution in [0.1, 0.15) is 26.0 Å². The van der Waals surface area contributed by atoms with Gasteiger partial charge in [-0.2, -0.15) is 0 Å². The van der Waals surface area contributed by atoms with Crippen LogP contribution in [0.4, 0.5) is 0 Å². The van der Waals surface area contributed by atoms with E-state index in [0.29, 0.717) is 6.42 Å². The van der Waals surface area contributed by atoms with Gasteiger partial charge in [-0.15, -0.1) is 0 Å². The molecule has 2 aromatic rings. The zero-order chi connectivity index (χ0) is 14.5. The summed E-state index contributed by atoms with van der Waals surface area (Å²) in [7, 11) is 0. The maximum absolute atomic E-state index is 10.5. The second-order valence-electron chi connectivity index (χ2n) is 4.84. The predicted octanol–water partition coefficient (Wildman–Crippen LogP) is 2.88. The summed E-state index contributed by atoms with van der Waals surface area (Å²) in [6.45, 7) is 3.96. The second-order valence-corrected chi connectivity index (χ2v) is 4.84. The number of carboxylic acids is 1. The minimum absolute atomic E-state index is 0.1000. The highest BCUT2D eigenvalue weighted by Gasteiger charge is 2.06. The zero-order valence-electron chi connectivity index (χ0n) is 11.6. The quantitative estimate of drug-likeness (QED) is 0.849. The molecule has 2 N–H and O–H groups in total. The number of benzene rings is 1. The highest BCUT2D eigenvalue weighted by atomic mass is 16.5. The first-order valence-electron chi connectivity index (χ1n) is 6.57. The molecule has 0 radical (unpaired) electrons. The first-order valence-corrected chi connectivity index (χ1v) is 6.57. The van der Waals surface area contributed by atoms with Crippen molar-refractivity contribution < 1.29 is 14.6 Å². The van der Waals surface area contributed by atoms with Crippen molar-refractivity contribution >= 4 is 5.97 Å². The van der Waals surface area contributed by atoms with Gasteiger partial charge < -0.3 is 14.8 Å². The normalized spacial score (nSPS) is 10.8. The van der Waals surface area contributed by atoms with Gasteiger partial charge >= 0.3 is 5.97 Å². The lowest BCUT2D eigenvalue weighted by molar-refractivity contribution is -0.136. The number of H-pyrrole nitrogens is 1. The lowest BCUT2D eigenvalue weighted by Crippen LogP contribution is -2.05. The molecule has 0 fully saturated rings. The van der Waals surface area contributed by atoms with Crippen LogP contribution < -0.4 is 4.74 Å². The van der Waals surface area contributed by atoms with Crippen LogP contribution in [0.15, 0.2) is 30.5 Å². The van der Waals surface area contributed by atoms with E-state index in [0.717, 1.165) is 22.8 Å². The second kappa shape index (κ2) is 6.23. The monoisotopic (exact) mass is 274 g/mol. The Morgan fingerprint density at radius 2 is 2.05 bits per heavy atom. The van der Waals surface area contributed by atoms with E-state index in [4.69, 9.17) is 9.84 Å². The van der Waals surface area contributed by atoms with E-state index in [2.05, 4.69) is 9.97 Å². The van der Waals surface area contributed by atoms with Crippen LogP contribution in [-0.2, 0) is 11.2 Å². The van der Waals surface area contributed by atoms with Crippen LogP contribution in [0, 0.1) is 0 Å². The van der Waals surface area contributed by atoms with Crippen LogP contribution >= 0.6 is 0 Å². The van der Waals surface area contributed by atoms with Crippen molar-refractivity contribution in [3.05, 3.63) is 36.2 Å². The van der Waals surface area contributed by atoms with E-state index in [1.807, 2.05) is 38.1 Å². The number of aliphatic carboxylic acids is 1. The fourth-order valence-corrected chi connectivity index (χ4v) is 1.84. The molecule has 1 aromatic carbocycles. The van der Waals surface area contributed by atoms with Crippen molar-refractivity contribution in [1.29, 1.82) is 0 Å². The Hall–Kier alpha value is -2.30. The Labute approximate surface area is 117 Å². The smallest absolute Gasteiger partial charge is 0.303 e. The van der Waals surface area contributed by atoms with Gasteiger partial charge in [-0.3, -0.25) is 4.79 Å². The molecule has 106 valence electrons. The van der Waals surface area contributed by atoms with Crippen LogP contribution in [0.5, 0.6) is 5.75 Å². The highest BCUT2D eigenvalue weighted by Crippen LogP contribution is 2.20. The molecule has 1 aromatic heterocycles. The molecule has 0 saturated heterocycles. The van der Waals surface area contributed by atoms with Crippen LogP contribution in [0.25, 0.3) is 11.4 Å². The van der Waals surface area contributed by atoms with Crippen molar-refractivity contribution in [2.75, 3.05) is 0 Å². The van der Waals surface area contributed by atoms with Gasteiger partial charge in [0.25, 0.3) is 0 Å². The summed E-state index contributed by atoms with van der Waals surface area (Å²) in [4.78, 5) is 17.9. The summed E-state index contributed by atoms with van der Waals surface area (Å²) < 4.78 is 5.58. The Morgan fingerprint density at radius 3 is 2.65 bits per heavy atom. The molecule has 0 saturated carbocycles. The number of ether oxygens (including phenoxy) is 1. The molecule has 0 amide bonds. The van der Waals surface area contributed by atoms with Crippen LogP contribution in [-0.4, -0.2) is 27.1 Å². The predicted molar refractivity (Wildman–Crippen MR) is 75.7 cm³/mol. The third-order valence-corrected chi connectivity index (χ3v) is 2.74. The zero-order valence-corrected chi connectivity index (χ0v) is 11.6. The minimum atomic E-state index is -0.809. The van der Waals surface area contributed by atoms with Gasteiger partial charge in [0.2, 0.25) is 0 Å². The number of nitrogens with zero attached hydrogens (tertiary/aromatic N) is 1. The van der Waals surface area contributed by atoms with Gasteiger partial charge in [0.05, 0.1) is 12.5 Å². The van der Waals surface area contributed by atoms with Gasteiger partial charge in [0.15, 0.2) is 0 Å². The average molecular weight is 274 g/mol. The summed E-state index contributed by atoms with van der Waals surface area (Å²) in [5.41, 5.74) is 1.77. The standard InChI is InChI=1S/C15H18N2O3/c1-10(2)20-13-6-3-11(4-7-13)15-16-9-12(17-15)5-8-14(18)19/h3-4,6-7,9-10H,5,8H2,1-2H3,(H,16,17)(H,18,19). The molecule has 20 heavy (non-hydrogen) atoms. The molecule has 0 aliphatic heterocycles. The highest BCUT2D eigenvalue weighted by molar-refractivity contribution is 5.67. The molecular formula is C15H18N2O3. The Balaban J connectivity index is 2.06. The van der Waals surface area contributed by atoms with Crippen LogP contribution in [0.2, 0.25) is 0 Å². The molecule has 0 atom stereocenters. The summed E-state index contributed by atoms with van der Waals surface area (Å²) in [6.07, 6.45) is 2.38. The SMILES string of the molecule is CC(C)Oc1ccc(-c2ncc(CCC(=O)O)[nH]2)cc1. The van der Waals surface area contributed by atoms with Gasteiger partial charge in [-0.05, 0) is 44.5 Å². The Kier molecular flexibility index (Phi) is 4.40. The topological polar surface area (TPSA) is 75.2 Å². The van der Waals surface area contributed by atoms with Crippen molar-refractivity contribution in [1.82, 2.24) is 9.97 Å². The molecule has 2 rings (SSSR count). The number of hydrogen-bond acceptors (Lipinski definition) is 3. The lowest BCUT2D eigenvalue weighted by Gasteiger charge is -2.09. The van der Waals surface area contributed by atoms with E-state index < -0.39 is 5.97 Å². The summed E-state index contributed by atoms with van der Waals surface area (Å²) in [5, 5.41) is 8.65. The first-order chi connectivity index (χ1) is 9.54. The number of hydrogen-bond donors (Lipinski definition) is 2. The summed E-state index contributed by atoms with van der Waals surface area (Å²) in [5.74, 6) is 0.749. The third kappa shape index (κ3) is 3.85. The lowest BCUT2D eigenvalue weighted by atomic mass is 10.2. The number of carbonyl (C=O) groups is 1. The number of aryl methyl sites for hydroxylation is 1. The van der Waals surface area contributed by atoms with Crippen molar-refractivity contribution in [3.63, 3.8) is 0 Å². The average Bonchev–Trinajstić information content (AvgIpc) is 2.85. The number of imidazole rings is 1. The fourth-order valence-electron chi connectivity index (χ4n) is 1.84. The van der Waals surface area contributed by atoms with Crippen molar-refractivity contribution in [2.45, 2.75) is 32.8 Å². The van der Waals surface area contributed by atoms with E-state index in [1.54, 1.807) is 6.20 Å². The van der Waals surface area contributed by atoms with E-state index >= 15 is 0 Å². The Morgan fingerprint density at radius 1 is 1.35 bits per heavy atom. The molecule has 0 bridgehead atoms. The van der Waals surface area contributed by atoms with E-state index in [1.165, 1.54) is 0 Å². The molecule has 0 aliphatic rings. The van der Waals surface area contributed by atoms with Gasteiger partial charge in [-0.1, -0.05) is 0 Å². The third-order valence-electron chi connectivity index (χ3n) is 2.74. The fraction of sp³-hybridized carbons (Fsp3) is 0.333. The molecule has 0 spiro atoms. The van der Waals surface area contributed by atoms with Crippen molar-refractivity contribution in [3.8, 4) is 17.1 Å². The van der Waals surface area contributed by atoms with E-state index in [9.17, 15) is 4.79 Å². The molecule has 5 nitrogen and oxygen atoms in total. The maximum Gasteiger partial charge on any atom is 0.303 e. The maximum atomic E-state index is 10.5. The first kappa shape index (κ1) is 14.1.